The van der Waals surface area contributed by atoms with Crippen LogP contribution in [0.25, 0.3) is 0 Å². The molecular weight excluding hydrogens is 1150 g/mol. The Morgan fingerprint density at radius 2 is 0.739 bits per heavy atom. The van der Waals surface area contributed by atoms with E-state index >= 15 is 0 Å². The highest BCUT2D eigenvalue weighted by atomic mass is 16.6. The summed E-state index contributed by atoms with van der Waals surface area (Å²) < 4.78 is 44.1. The van der Waals surface area contributed by atoms with Gasteiger partial charge in [-0.3, -0.25) is 0 Å². The average Bonchev–Trinajstić information content (AvgIpc) is 4.74. The van der Waals surface area contributed by atoms with Gasteiger partial charge in [-0.05, 0) is 163 Å². The summed E-state index contributed by atoms with van der Waals surface area (Å²) in [6.07, 6.45) is 59.4. The monoisotopic (exact) mass is 1280 g/mol. The van der Waals surface area contributed by atoms with Gasteiger partial charge < -0.3 is 53.2 Å². The molecule has 92 heavy (non-hydrogen) atoms. The van der Waals surface area contributed by atoms with Crippen molar-refractivity contribution in [3.8, 4) is 17.2 Å². The van der Waals surface area contributed by atoms with Gasteiger partial charge in [0.1, 0.15) is 54.9 Å². The third kappa shape index (κ3) is 52.3. The third-order valence-corrected chi connectivity index (χ3v) is 16.5. The number of hydrogen-bond acceptors (Lipinski definition) is 11. The number of aryl methyl sites for hydroxylation is 3. The van der Waals surface area contributed by atoms with Crippen LogP contribution in [-0.2, 0) is 47.7 Å². The molecular formula is C81H134O11. The van der Waals surface area contributed by atoms with Crippen LogP contribution in [0.15, 0.2) is 109 Å². The maximum atomic E-state index is 10.5. The van der Waals surface area contributed by atoms with Crippen molar-refractivity contribution in [3.63, 3.8) is 0 Å². The number of unbranched alkanes of at least 4 members (excludes halogenated alkanes) is 27. The molecule has 0 saturated carbocycles. The molecule has 2 heterocycles. The number of hydrogen-bond donors (Lipinski definition) is 3. The molecule has 11 heteroatoms. The van der Waals surface area contributed by atoms with Crippen LogP contribution in [0, 0.1) is 0 Å². The molecule has 0 aromatic heterocycles. The molecule has 0 aliphatic carbocycles. The van der Waals surface area contributed by atoms with E-state index in [1.54, 1.807) is 6.07 Å². The Kier molecular flexibility index (Phi) is 53.1. The topological polar surface area (TPSA) is 141 Å². The molecule has 0 bridgehead atoms. The van der Waals surface area contributed by atoms with Gasteiger partial charge in [0.2, 0.25) is 0 Å². The van der Waals surface area contributed by atoms with Gasteiger partial charge in [-0.1, -0.05) is 228 Å². The Labute approximate surface area is 562 Å². The zero-order valence-corrected chi connectivity index (χ0v) is 59.0. The van der Waals surface area contributed by atoms with Crippen LogP contribution in [0.5, 0.6) is 17.2 Å². The lowest BCUT2D eigenvalue weighted by atomic mass is 10.0. The highest BCUT2D eigenvalue weighted by Gasteiger charge is 2.25. The zero-order valence-electron chi connectivity index (χ0n) is 59.0. The van der Waals surface area contributed by atoms with Crippen molar-refractivity contribution in [3.05, 3.63) is 126 Å². The van der Waals surface area contributed by atoms with Gasteiger partial charge in [-0.2, -0.15) is 0 Å². The van der Waals surface area contributed by atoms with Crippen molar-refractivity contribution in [2.24, 2.45) is 0 Å². The predicted octanol–water partition coefficient (Wildman–Crippen LogP) is 20.1. The Hall–Kier alpha value is -4.04. The highest BCUT2D eigenvalue weighted by molar-refractivity contribution is 5.30. The summed E-state index contributed by atoms with van der Waals surface area (Å²) in [5.41, 5.74) is 3.81. The Balaban J connectivity index is 0.000000505. The van der Waals surface area contributed by atoms with E-state index in [0.29, 0.717) is 44.4 Å². The standard InChI is InChI=1S/C51H84O6.C21H34O.C9H16O4/c1-4-6-8-10-12-14-16-18-20-22-24-26-28-32-46-34-30-36-50(38-46)56-43-48(52)41-54-40-45(3)55-42-49(53)44-57-51-37-31-35-47(39-51)33-29-27-25-23-21-19-17-15-13-11-9-7-5-2;1-2-3-4-5-6-7-8-9-10-11-12-13-14-16-20-17-15-18-21(22)19-20;1-7(11-4-9-6-13-9)2-10-3-8-5-12-8/h10-13,30-31,34-39,45,48-49,52-53H,4-9,14-29,32-33,40-44H2,1-3H3;5-6,15,17-19,22H,2-4,7-14,16H2,1H3;7-9H,2-6H2,1H3/b12-10+,13-11+;6-5+;. The minimum atomic E-state index is -0.745. The summed E-state index contributed by atoms with van der Waals surface area (Å²) in [6, 6.07) is 24.1. The summed E-state index contributed by atoms with van der Waals surface area (Å²) >= 11 is 0. The molecule has 2 fully saturated rings. The molecule has 0 amide bonds. The molecule has 3 aromatic carbocycles. The van der Waals surface area contributed by atoms with Crippen LogP contribution in [0.1, 0.15) is 263 Å². The maximum Gasteiger partial charge on any atom is 0.119 e. The first-order valence-corrected chi connectivity index (χ1v) is 37.3. The van der Waals surface area contributed by atoms with E-state index in [0.717, 1.165) is 44.0 Å². The number of aliphatic hydroxyl groups is 2. The van der Waals surface area contributed by atoms with Crippen LogP contribution < -0.4 is 9.47 Å². The van der Waals surface area contributed by atoms with E-state index in [1.165, 1.54) is 229 Å². The quantitative estimate of drug-likeness (QED) is 0.0283. The number of benzene rings is 3. The lowest BCUT2D eigenvalue weighted by molar-refractivity contribution is -0.0643. The second-order valence-corrected chi connectivity index (χ2v) is 26.0. The molecule has 11 nitrogen and oxygen atoms in total. The second-order valence-electron chi connectivity index (χ2n) is 26.0. The lowest BCUT2D eigenvalue weighted by Crippen LogP contribution is -2.29. The predicted molar refractivity (Wildman–Crippen MR) is 384 cm³/mol. The highest BCUT2D eigenvalue weighted by Crippen LogP contribution is 2.21. The number of rotatable bonds is 59. The van der Waals surface area contributed by atoms with Crippen molar-refractivity contribution in [2.75, 3.05) is 66.1 Å². The minimum absolute atomic E-state index is 0.152. The molecule has 3 N–H and O–H groups in total. The van der Waals surface area contributed by atoms with Crippen molar-refractivity contribution in [2.45, 2.75) is 302 Å². The van der Waals surface area contributed by atoms with Gasteiger partial charge in [0.15, 0.2) is 0 Å². The molecule has 0 spiro atoms. The summed E-state index contributed by atoms with van der Waals surface area (Å²) in [5.74, 6) is 1.95. The number of phenolic OH excluding ortho intramolecular Hbond substituents is 1. The Bertz CT molecular complexity index is 2190. The fraction of sp³-hybridized carbons (Fsp3) is 0.704. The average molecular weight is 1280 g/mol. The van der Waals surface area contributed by atoms with Crippen molar-refractivity contribution >= 4 is 0 Å². The van der Waals surface area contributed by atoms with E-state index < -0.39 is 12.2 Å². The minimum Gasteiger partial charge on any atom is -0.508 e. The molecule has 524 valence electrons. The first-order chi connectivity index (χ1) is 45.2. The van der Waals surface area contributed by atoms with Crippen molar-refractivity contribution < 1.29 is 53.2 Å². The Morgan fingerprint density at radius 3 is 1.15 bits per heavy atom. The van der Waals surface area contributed by atoms with E-state index in [9.17, 15) is 15.3 Å². The van der Waals surface area contributed by atoms with Gasteiger partial charge in [0, 0.05) is 0 Å². The zero-order chi connectivity index (χ0) is 65.8. The number of phenols is 1. The normalized spacial score (nSPS) is 15.7. The smallest absolute Gasteiger partial charge is 0.119 e. The van der Waals surface area contributed by atoms with Gasteiger partial charge in [0.25, 0.3) is 0 Å². The third-order valence-electron chi connectivity index (χ3n) is 16.5. The van der Waals surface area contributed by atoms with Crippen molar-refractivity contribution in [1.82, 2.24) is 0 Å². The summed E-state index contributed by atoms with van der Waals surface area (Å²) in [4.78, 5) is 0. The second kappa shape index (κ2) is 59.5. The molecule has 2 aliphatic heterocycles. The van der Waals surface area contributed by atoms with Crippen LogP contribution in [0.4, 0.5) is 0 Å². The summed E-state index contributed by atoms with van der Waals surface area (Å²) in [6.45, 7) is 15.4. The molecule has 5 rings (SSSR count). The molecule has 2 aliphatic rings. The van der Waals surface area contributed by atoms with Crippen LogP contribution in [0.2, 0.25) is 0 Å². The first-order valence-electron chi connectivity index (χ1n) is 37.3. The molecule has 2 saturated heterocycles. The van der Waals surface area contributed by atoms with E-state index in [-0.39, 0.29) is 38.6 Å². The number of aromatic hydroxyl groups is 1. The Morgan fingerprint density at radius 1 is 0.391 bits per heavy atom. The lowest BCUT2D eigenvalue weighted by Gasteiger charge is -2.18. The fourth-order valence-electron chi connectivity index (χ4n) is 10.6. The first kappa shape index (κ1) is 82.2. The number of ether oxygens (including phenoxy) is 8. The molecule has 0 radical (unpaired) electrons. The summed E-state index contributed by atoms with van der Waals surface area (Å²) in [7, 11) is 0. The SMILES string of the molecule is CC(COCC1CO1)OCC1CO1.CCCC/C=C/CCCCCCCCCc1cccc(O)c1.CCCC/C=C/CCCCCCCCCc1cccc(OCC(O)COCC(C)OCC(O)COc2cccc(CCCCCCCCC/C=C/CCCC)c2)c1. The van der Waals surface area contributed by atoms with Crippen LogP contribution in [-0.4, -0.2) is 118 Å². The summed E-state index contributed by atoms with van der Waals surface area (Å²) in [5, 5.41) is 30.3. The van der Waals surface area contributed by atoms with E-state index in [4.69, 9.17) is 37.9 Å². The number of epoxide rings is 2. The van der Waals surface area contributed by atoms with Crippen molar-refractivity contribution in [1.29, 1.82) is 0 Å². The van der Waals surface area contributed by atoms with Crippen LogP contribution in [0.3, 0.4) is 0 Å². The molecule has 6 atom stereocenters. The maximum absolute atomic E-state index is 10.5. The largest absolute Gasteiger partial charge is 0.508 e. The fourth-order valence-corrected chi connectivity index (χ4v) is 10.6. The van der Waals surface area contributed by atoms with E-state index in [1.807, 2.05) is 50.2 Å². The van der Waals surface area contributed by atoms with E-state index in [2.05, 4.69) is 87.6 Å². The number of aliphatic hydroxyl groups excluding tert-OH is 2. The van der Waals surface area contributed by atoms with Crippen LogP contribution >= 0.6 is 0 Å². The molecule has 3 aromatic rings. The van der Waals surface area contributed by atoms with Gasteiger partial charge in [0.05, 0.1) is 65.1 Å². The van der Waals surface area contributed by atoms with Gasteiger partial charge >= 0.3 is 0 Å². The van der Waals surface area contributed by atoms with Gasteiger partial charge in [-0.15, -0.1) is 0 Å². The molecule has 6 unspecified atom stereocenters. The number of allylic oxidation sites excluding steroid dienone is 6. The van der Waals surface area contributed by atoms with Gasteiger partial charge in [-0.25, -0.2) is 0 Å².